The van der Waals surface area contributed by atoms with Crippen LogP contribution >= 0.6 is 27.7 Å². The van der Waals surface area contributed by atoms with Gasteiger partial charge in [0.15, 0.2) is 0 Å². The van der Waals surface area contributed by atoms with Crippen molar-refractivity contribution >= 4 is 43.4 Å². The normalized spacial score (nSPS) is 10.9. The first-order valence-corrected chi connectivity index (χ1v) is 8.96. The predicted octanol–water partition coefficient (Wildman–Crippen LogP) is 4.13. The highest BCUT2D eigenvalue weighted by atomic mass is 79.9. The van der Waals surface area contributed by atoms with E-state index >= 15 is 0 Å². The number of sulfonamides is 1. The van der Waals surface area contributed by atoms with Gasteiger partial charge in [-0.05, 0) is 64.9 Å². The van der Waals surface area contributed by atoms with Gasteiger partial charge in [0.25, 0.3) is 10.0 Å². The Balaban J connectivity index is 2.29. The van der Waals surface area contributed by atoms with Crippen molar-refractivity contribution in [3.63, 3.8) is 0 Å². The zero-order chi connectivity index (χ0) is 15.5. The molecule has 1 N–H and O–H groups in total. The maximum absolute atomic E-state index is 12.3. The molecule has 0 saturated heterocycles. The SMILES string of the molecule is Cc1ccc(S(=O)(=O)Nc2ccc(SC#N)cc2Br)cc1. The topological polar surface area (TPSA) is 70.0 Å². The number of hydrogen-bond donors (Lipinski definition) is 1. The third kappa shape index (κ3) is 4.00. The van der Waals surface area contributed by atoms with Crippen molar-refractivity contribution in [2.45, 2.75) is 16.7 Å². The highest BCUT2D eigenvalue weighted by Gasteiger charge is 2.15. The van der Waals surface area contributed by atoms with Crippen molar-refractivity contribution in [1.29, 1.82) is 5.26 Å². The lowest BCUT2D eigenvalue weighted by Gasteiger charge is -2.10. The van der Waals surface area contributed by atoms with Crippen molar-refractivity contribution in [1.82, 2.24) is 0 Å². The van der Waals surface area contributed by atoms with Gasteiger partial charge in [-0.1, -0.05) is 17.7 Å². The molecule has 0 saturated carbocycles. The van der Waals surface area contributed by atoms with Gasteiger partial charge in [-0.2, -0.15) is 5.26 Å². The fourth-order valence-electron chi connectivity index (χ4n) is 1.62. The molecule has 0 unspecified atom stereocenters. The Morgan fingerprint density at radius 2 is 1.86 bits per heavy atom. The molecule has 0 amide bonds. The summed E-state index contributed by atoms with van der Waals surface area (Å²) in [6, 6.07) is 11.6. The van der Waals surface area contributed by atoms with Crippen LogP contribution in [0.5, 0.6) is 0 Å². The lowest BCUT2D eigenvalue weighted by atomic mass is 10.2. The molecule has 4 nitrogen and oxygen atoms in total. The van der Waals surface area contributed by atoms with Crippen LogP contribution in [0.3, 0.4) is 0 Å². The van der Waals surface area contributed by atoms with Crippen molar-refractivity contribution in [2.75, 3.05) is 4.72 Å². The van der Waals surface area contributed by atoms with Gasteiger partial charge in [0.1, 0.15) is 5.40 Å². The molecule has 7 heteroatoms. The number of nitrogens with zero attached hydrogens (tertiary/aromatic N) is 1. The first-order chi connectivity index (χ1) is 9.92. The number of thiocyanates is 1. The summed E-state index contributed by atoms with van der Waals surface area (Å²) in [5, 5.41) is 10.6. The second-order valence-electron chi connectivity index (χ2n) is 4.25. The number of hydrogen-bond acceptors (Lipinski definition) is 4. The smallest absolute Gasteiger partial charge is 0.261 e. The van der Waals surface area contributed by atoms with Crippen molar-refractivity contribution in [2.24, 2.45) is 0 Å². The molecular weight excluding hydrogens is 372 g/mol. The Hall–Kier alpha value is -1.49. The highest BCUT2D eigenvalue weighted by Crippen LogP contribution is 2.29. The second kappa shape index (κ2) is 6.52. The Morgan fingerprint density at radius 1 is 1.19 bits per heavy atom. The molecule has 21 heavy (non-hydrogen) atoms. The average Bonchev–Trinajstić information content (AvgIpc) is 2.42. The van der Waals surface area contributed by atoms with Crippen LogP contribution in [-0.4, -0.2) is 8.42 Å². The van der Waals surface area contributed by atoms with Crippen molar-refractivity contribution < 1.29 is 8.42 Å². The van der Waals surface area contributed by atoms with Gasteiger partial charge < -0.3 is 0 Å². The monoisotopic (exact) mass is 382 g/mol. The number of halogens is 1. The standard InChI is InChI=1S/C14H11BrN2O2S2/c1-10-2-5-12(6-3-10)21(18,19)17-14-7-4-11(20-9-16)8-13(14)15/h2-8,17H,1H3. The van der Waals surface area contributed by atoms with Crippen LogP contribution in [0.1, 0.15) is 5.56 Å². The summed E-state index contributed by atoms with van der Waals surface area (Å²) < 4.78 is 27.7. The van der Waals surface area contributed by atoms with Gasteiger partial charge >= 0.3 is 0 Å². The van der Waals surface area contributed by atoms with E-state index in [1.807, 2.05) is 12.3 Å². The number of nitriles is 1. The lowest BCUT2D eigenvalue weighted by Crippen LogP contribution is -2.13. The van der Waals surface area contributed by atoms with Crippen LogP contribution in [0.2, 0.25) is 0 Å². The van der Waals surface area contributed by atoms with Crippen LogP contribution in [0.4, 0.5) is 5.69 Å². The van der Waals surface area contributed by atoms with E-state index < -0.39 is 10.0 Å². The molecule has 0 heterocycles. The summed E-state index contributed by atoms with van der Waals surface area (Å²) in [5.74, 6) is 0. The molecule has 0 spiro atoms. The number of rotatable bonds is 4. The Morgan fingerprint density at radius 3 is 2.43 bits per heavy atom. The number of thioether (sulfide) groups is 1. The quantitative estimate of drug-likeness (QED) is 0.637. The maximum Gasteiger partial charge on any atom is 0.261 e. The van der Waals surface area contributed by atoms with Gasteiger partial charge in [0.05, 0.1) is 10.6 Å². The van der Waals surface area contributed by atoms with Crippen LogP contribution in [0.15, 0.2) is 56.7 Å². The predicted molar refractivity (Wildman–Crippen MR) is 87.6 cm³/mol. The van der Waals surface area contributed by atoms with Gasteiger partial charge in [0, 0.05) is 9.37 Å². The van der Waals surface area contributed by atoms with Crippen molar-refractivity contribution in [3.05, 3.63) is 52.5 Å². The second-order valence-corrected chi connectivity index (χ2v) is 7.65. The summed E-state index contributed by atoms with van der Waals surface area (Å²) in [7, 11) is -3.63. The lowest BCUT2D eigenvalue weighted by molar-refractivity contribution is 0.601. The van der Waals surface area contributed by atoms with Gasteiger partial charge in [-0.15, -0.1) is 0 Å². The van der Waals surface area contributed by atoms with E-state index in [0.717, 1.165) is 22.2 Å². The van der Waals surface area contributed by atoms with Crippen LogP contribution < -0.4 is 4.72 Å². The summed E-state index contributed by atoms with van der Waals surface area (Å²) in [4.78, 5) is 0.943. The number of anilines is 1. The van der Waals surface area contributed by atoms with Gasteiger partial charge in [-0.3, -0.25) is 4.72 Å². The molecule has 0 radical (unpaired) electrons. The molecule has 0 aliphatic rings. The Bertz CT molecular complexity index is 797. The third-order valence-corrected chi connectivity index (χ3v) is 5.30. The fourth-order valence-corrected chi connectivity index (χ4v) is 3.87. The zero-order valence-corrected chi connectivity index (χ0v) is 14.2. The summed E-state index contributed by atoms with van der Waals surface area (Å²) in [6.07, 6.45) is 0. The third-order valence-electron chi connectivity index (χ3n) is 2.68. The fraction of sp³-hybridized carbons (Fsp3) is 0.0714. The first kappa shape index (κ1) is 15.9. The van der Waals surface area contributed by atoms with Crippen molar-refractivity contribution in [3.8, 4) is 5.40 Å². The number of aryl methyl sites for hydroxylation is 1. The summed E-state index contributed by atoms with van der Waals surface area (Å²) in [6.45, 7) is 1.89. The summed E-state index contributed by atoms with van der Waals surface area (Å²) >= 11 is 4.32. The molecule has 0 aromatic heterocycles. The van der Waals surface area contributed by atoms with Crippen LogP contribution in [-0.2, 0) is 10.0 Å². The van der Waals surface area contributed by atoms with Crippen LogP contribution in [0, 0.1) is 17.6 Å². The number of nitrogens with one attached hydrogen (secondary N) is 1. The van der Waals surface area contributed by atoms with E-state index in [-0.39, 0.29) is 4.90 Å². The largest absolute Gasteiger partial charge is 0.278 e. The molecule has 0 aliphatic heterocycles. The van der Waals surface area contributed by atoms with E-state index in [0.29, 0.717) is 10.2 Å². The molecule has 0 atom stereocenters. The Kier molecular flexibility index (Phi) is 4.93. The molecule has 2 aromatic carbocycles. The molecular formula is C14H11BrN2O2S2. The van der Waals surface area contributed by atoms with E-state index in [9.17, 15) is 8.42 Å². The van der Waals surface area contributed by atoms with E-state index in [4.69, 9.17) is 5.26 Å². The highest BCUT2D eigenvalue weighted by molar-refractivity contribution is 9.10. The zero-order valence-electron chi connectivity index (χ0n) is 11.0. The first-order valence-electron chi connectivity index (χ1n) is 5.87. The molecule has 0 bridgehead atoms. The minimum atomic E-state index is -3.63. The number of benzene rings is 2. The molecule has 0 aliphatic carbocycles. The Labute approximate surface area is 136 Å². The van der Waals surface area contributed by atoms with E-state index in [1.165, 1.54) is 0 Å². The maximum atomic E-state index is 12.3. The molecule has 108 valence electrons. The molecule has 2 aromatic rings. The molecule has 2 rings (SSSR count). The molecule has 0 fully saturated rings. The van der Waals surface area contributed by atoms with Gasteiger partial charge in [0.2, 0.25) is 0 Å². The van der Waals surface area contributed by atoms with E-state index in [1.54, 1.807) is 42.5 Å². The van der Waals surface area contributed by atoms with Crippen LogP contribution in [0.25, 0.3) is 0 Å². The van der Waals surface area contributed by atoms with E-state index in [2.05, 4.69) is 20.7 Å². The summed E-state index contributed by atoms with van der Waals surface area (Å²) in [5.41, 5.74) is 1.42. The minimum absolute atomic E-state index is 0.204. The average molecular weight is 383 g/mol. The minimum Gasteiger partial charge on any atom is -0.278 e. The van der Waals surface area contributed by atoms with Gasteiger partial charge in [-0.25, -0.2) is 8.42 Å².